The summed E-state index contributed by atoms with van der Waals surface area (Å²) in [5.74, 6) is 0.536. The Bertz CT molecular complexity index is 1420. The first-order chi connectivity index (χ1) is 17.9. The van der Waals surface area contributed by atoms with Crippen LogP contribution in [-0.2, 0) is 12.4 Å². The highest BCUT2D eigenvalue weighted by atomic mass is 19.4. The Kier molecular flexibility index (Phi) is 7.38. The van der Waals surface area contributed by atoms with Crippen molar-refractivity contribution in [3.63, 3.8) is 0 Å². The van der Waals surface area contributed by atoms with Gasteiger partial charge in [-0.15, -0.1) is 0 Å². The Morgan fingerprint density at radius 1 is 0.921 bits per heavy atom. The third-order valence-electron chi connectivity index (χ3n) is 5.74. The predicted molar refractivity (Wildman–Crippen MR) is 132 cm³/mol. The van der Waals surface area contributed by atoms with Crippen molar-refractivity contribution in [2.24, 2.45) is 0 Å². The lowest BCUT2D eigenvalue weighted by Gasteiger charge is -2.33. The Labute approximate surface area is 213 Å². The van der Waals surface area contributed by atoms with Crippen molar-refractivity contribution in [3.05, 3.63) is 119 Å². The van der Waals surface area contributed by atoms with E-state index in [1.54, 1.807) is 0 Å². The summed E-state index contributed by atoms with van der Waals surface area (Å²) in [7, 11) is 0. The predicted octanol–water partition coefficient (Wildman–Crippen LogP) is 7.23. The SMILES string of the molecule is Nc1cc2ccccc2[nH]1.OC1=CN([C@@H](c2ccc(C(F)(F)F)cc2)c2ncccc2C(F)(F)F)CC=C1. The molecule has 5 rings (SSSR count). The summed E-state index contributed by atoms with van der Waals surface area (Å²) in [5.41, 5.74) is 4.53. The summed E-state index contributed by atoms with van der Waals surface area (Å²) in [4.78, 5) is 8.30. The number of nitrogens with one attached hydrogen (secondary N) is 1. The van der Waals surface area contributed by atoms with E-state index in [0.717, 1.165) is 47.7 Å². The van der Waals surface area contributed by atoms with Crippen molar-refractivity contribution in [3.8, 4) is 0 Å². The van der Waals surface area contributed by atoms with Crippen molar-refractivity contribution in [2.75, 3.05) is 12.3 Å². The molecule has 11 heteroatoms. The van der Waals surface area contributed by atoms with Crippen molar-refractivity contribution >= 4 is 16.7 Å². The number of rotatable bonds is 3. The summed E-state index contributed by atoms with van der Waals surface area (Å²) >= 11 is 0. The molecule has 2 aromatic carbocycles. The normalized spacial score (nSPS) is 14.6. The number of nitrogen functional groups attached to an aromatic ring is 1. The van der Waals surface area contributed by atoms with Crippen molar-refractivity contribution in [1.82, 2.24) is 14.9 Å². The van der Waals surface area contributed by atoms with E-state index >= 15 is 0 Å². The van der Waals surface area contributed by atoms with E-state index in [1.807, 2.05) is 30.3 Å². The average Bonchev–Trinajstić information content (AvgIpc) is 3.24. The largest absolute Gasteiger partial charge is 0.506 e. The van der Waals surface area contributed by atoms with Gasteiger partial charge in [0.1, 0.15) is 11.6 Å². The molecule has 0 unspecified atom stereocenters. The van der Waals surface area contributed by atoms with Gasteiger partial charge in [0.05, 0.1) is 22.9 Å². The summed E-state index contributed by atoms with van der Waals surface area (Å²) in [6.07, 6.45) is -3.94. The third-order valence-corrected chi connectivity index (χ3v) is 5.74. The van der Waals surface area contributed by atoms with E-state index in [0.29, 0.717) is 0 Å². The number of aromatic amines is 1. The number of aliphatic hydroxyl groups is 1. The van der Waals surface area contributed by atoms with E-state index in [1.165, 1.54) is 34.8 Å². The molecule has 2 aromatic heterocycles. The fourth-order valence-corrected chi connectivity index (χ4v) is 4.07. The fraction of sp³-hybridized carbons (Fsp3) is 0.148. The number of H-pyrrole nitrogens is 1. The zero-order valence-corrected chi connectivity index (χ0v) is 19.6. The molecule has 3 heterocycles. The smallest absolute Gasteiger partial charge is 0.418 e. The van der Waals surface area contributed by atoms with Crippen molar-refractivity contribution < 1.29 is 31.4 Å². The molecule has 4 N–H and O–H groups in total. The highest BCUT2D eigenvalue weighted by Crippen LogP contribution is 2.39. The van der Waals surface area contributed by atoms with E-state index in [9.17, 15) is 31.4 Å². The molecule has 0 amide bonds. The number of alkyl halides is 6. The zero-order valence-electron chi connectivity index (χ0n) is 19.6. The van der Waals surface area contributed by atoms with E-state index in [4.69, 9.17) is 5.73 Å². The van der Waals surface area contributed by atoms with Crippen LogP contribution in [-0.4, -0.2) is 26.5 Å². The van der Waals surface area contributed by atoms with Crippen LogP contribution in [0.1, 0.15) is 28.4 Å². The fourth-order valence-electron chi connectivity index (χ4n) is 4.07. The highest BCUT2D eigenvalue weighted by molar-refractivity contribution is 5.83. The van der Waals surface area contributed by atoms with Gasteiger partial charge in [0.15, 0.2) is 0 Å². The zero-order chi connectivity index (χ0) is 27.5. The molecule has 198 valence electrons. The lowest BCUT2D eigenvalue weighted by molar-refractivity contribution is -0.139. The molecule has 0 saturated carbocycles. The second kappa shape index (κ2) is 10.5. The lowest BCUT2D eigenvalue weighted by Crippen LogP contribution is -2.29. The van der Waals surface area contributed by atoms with Crippen LogP contribution < -0.4 is 5.73 Å². The van der Waals surface area contributed by atoms with Crippen molar-refractivity contribution in [2.45, 2.75) is 18.4 Å². The molecule has 0 radical (unpaired) electrons. The van der Waals surface area contributed by atoms with E-state index in [2.05, 4.69) is 9.97 Å². The minimum Gasteiger partial charge on any atom is -0.506 e. The minimum absolute atomic E-state index is 0.142. The second-order valence-electron chi connectivity index (χ2n) is 8.42. The molecule has 4 aromatic rings. The Morgan fingerprint density at radius 2 is 1.63 bits per heavy atom. The van der Waals surface area contributed by atoms with Gasteiger partial charge in [0.25, 0.3) is 0 Å². The summed E-state index contributed by atoms with van der Waals surface area (Å²) in [5, 5.41) is 10.9. The molecule has 0 bridgehead atoms. The van der Waals surface area contributed by atoms with Crippen LogP contribution in [0.5, 0.6) is 0 Å². The van der Waals surface area contributed by atoms with Crippen LogP contribution >= 0.6 is 0 Å². The number of aromatic nitrogens is 2. The van der Waals surface area contributed by atoms with Gasteiger partial charge >= 0.3 is 12.4 Å². The molecular weight excluding hydrogens is 510 g/mol. The Hall–Kier alpha value is -4.41. The number of nitrogens with two attached hydrogens (primary N) is 1. The van der Waals surface area contributed by atoms with Crippen LogP contribution in [0.3, 0.4) is 0 Å². The van der Waals surface area contributed by atoms with Gasteiger partial charge < -0.3 is 20.7 Å². The number of aliphatic hydroxyl groups excluding tert-OH is 1. The van der Waals surface area contributed by atoms with E-state index in [-0.39, 0.29) is 23.6 Å². The molecule has 1 atom stereocenters. The first-order valence-electron chi connectivity index (χ1n) is 11.3. The molecule has 1 aliphatic heterocycles. The van der Waals surface area contributed by atoms with Crippen LogP contribution in [0.25, 0.3) is 10.9 Å². The van der Waals surface area contributed by atoms with Gasteiger partial charge in [0, 0.05) is 29.8 Å². The minimum atomic E-state index is -4.70. The number of hydrogen-bond acceptors (Lipinski definition) is 4. The average molecular weight is 532 g/mol. The molecule has 1 aliphatic rings. The van der Waals surface area contributed by atoms with Gasteiger partial charge in [-0.2, -0.15) is 26.3 Å². The molecule has 0 aliphatic carbocycles. The number of allylic oxidation sites excluding steroid dienone is 1. The van der Waals surface area contributed by atoms with E-state index < -0.39 is 29.5 Å². The lowest BCUT2D eigenvalue weighted by atomic mass is 9.96. The number of para-hydroxylation sites is 1. The number of benzene rings is 2. The van der Waals surface area contributed by atoms with Gasteiger partial charge in [-0.25, -0.2) is 0 Å². The first-order valence-corrected chi connectivity index (χ1v) is 11.3. The van der Waals surface area contributed by atoms with Crippen molar-refractivity contribution in [1.29, 1.82) is 0 Å². The maximum absolute atomic E-state index is 13.5. The van der Waals surface area contributed by atoms with Crippen LogP contribution in [0, 0.1) is 0 Å². The highest BCUT2D eigenvalue weighted by Gasteiger charge is 2.38. The second-order valence-corrected chi connectivity index (χ2v) is 8.42. The quantitative estimate of drug-likeness (QED) is 0.243. The monoisotopic (exact) mass is 532 g/mol. The molecule has 0 saturated heterocycles. The molecule has 5 nitrogen and oxygen atoms in total. The summed E-state index contributed by atoms with van der Waals surface area (Å²) < 4.78 is 79.0. The first kappa shape index (κ1) is 26.6. The number of hydrogen-bond donors (Lipinski definition) is 3. The standard InChI is InChI=1S/C19H14F6N2O.C8H8N2/c20-18(21,22)13-7-5-12(6-8-13)17(27-10-2-3-14(28)11-27)16-15(19(23,24)25)4-1-9-26-16;9-8-5-6-3-1-2-4-7(6)10-8/h1-9,11,17,28H,10H2;1-5,10H,9H2/t17-;/m0./s1. The Balaban J connectivity index is 0.000000278. The molecule has 0 spiro atoms. The van der Waals surface area contributed by atoms with Crippen LogP contribution in [0.4, 0.5) is 32.2 Å². The Morgan fingerprint density at radius 3 is 2.26 bits per heavy atom. The van der Waals surface area contributed by atoms with Gasteiger partial charge in [-0.05, 0) is 48.0 Å². The third kappa shape index (κ3) is 6.10. The summed E-state index contributed by atoms with van der Waals surface area (Å²) in [6, 6.07) is 14.6. The van der Waals surface area contributed by atoms with Gasteiger partial charge in [-0.1, -0.05) is 36.4 Å². The number of halogens is 6. The molecule has 38 heavy (non-hydrogen) atoms. The topological polar surface area (TPSA) is 78.2 Å². The van der Waals surface area contributed by atoms with Gasteiger partial charge in [-0.3, -0.25) is 4.98 Å². The molecule has 0 fully saturated rings. The van der Waals surface area contributed by atoms with Gasteiger partial charge in [0.2, 0.25) is 0 Å². The molecular formula is C27H22F6N4O. The number of pyridine rings is 1. The van der Waals surface area contributed by atoms with Crippen LogP contribution in [0.15, 0.2) is 97.0 Å². The number of fused-ring (bicyclic) bond motifs is 1. The van der Waals surface area contributed by atoms with Crippen LogP contribution in [0.2, 0.25) is 0 Å². The number of nitrogens with zero attached hydrogens (tertiary/aromatic N) is 2. The maximum Gasteiger partial charge on any atom is 0.418 e. The summed E-state index contributed by atoms with van der Waals surface area (Å²) in [6.45, 7) is 0.142. The number of anilines is 1. The maximum atomic E-state index is 13.5.